The van der Waals surface area contributed by atoms with Crippen molar-refractivity contribution in [1.29, 1.82) is 0 Å². The third kappa shape index (κ3) is 2.51. The number of nitrogens with zero attached hydrogens (tertiary/aromatic N) is 1. The lowest BCUT2D eigenvalue weighted by Crippen LogP contribution is -2.30. The van der Waals surface area contributed by atoms with E-state index in [-0.39, 0.29) is 6.10 Å². The predicted octanol–water partition coefficient (Wildman–Crippen LogP) is 1.65. The van der Waals surface area contributed by atoms with E-state index in [1.165, 1.54) is 25.9 Å². The molecule has 2 fully saturated rings. The zero-order chi connectivity index (χ0) is 10.8. The molecule has 1 aliphatic carbocycles. The van der Waals surface area contributed by atoms with Crippen molar-refractivity contribution in [2.75, 3.05) is 25.4 Å². The molecule has 1 N–H and O–H groups in total. The van der Waals surface area contributed by atoms with Gasteiger partial charge in [0, 0.05) is 25.6 Å². The average molecular weight is 229 g/mol. The predicted molar refractivity (Wildman–Crippen MR) is 66.3 cm³/mol. The summed E-state index contributed by atoms with van der Waals surface area (Å²) in [6, 6.07) is 0. The number of thiol groups is 1. The Morgan fingerprint density at radius 2 is 2.20 bits per heavy atom. The van der Waals surface area contributed by atoms with Gasteiger partial charge < -0.3 is 10.0 Å². The standard InChI is InChI=1S/C12H23NOS/c1-2-9(8-15)5-13-6-10-3-4-12(14)11(10)7-13/h9-12,14-15H,2-8H2,1H3. The number of likely N-dealkylation sites (tertiary alicyclic amines) is 1. The Bertz CT molecular complexity index is 206. The summed E-state index contributed by atoms with van der Waals surface area (Å²) < 4.78 is 0. The van der Waals surface area contributed by atoms with Crippen LogP contribution in [0.15, 0.2) is 0 Å². The lowest BCUT2D eigenvalue weighted by atomic mass is 10.00. The van der Waals surface area contributed by atoms with Gasteiger partial charge >= 0.3 is 0 Å². The third-order valence-electron chi connectivity index (χ3n) is 4.25. The molecule has 15 heavy (non-hydrogen) atoms. The van der Waals surface area contributed by atoms with Crippen LogP contribution in [0.2, 0.25) is 0 Å². The van der Waals surface area contributed by atoms with E-state index in [0.29, 0.717) is 5.92 Å². The second kappa shape index (κ2) is 5.07. The first kappa shape index (κ1) is 11.7. The highest BCUT2D eigenvalue weighted by Crippen LogP contribution is 2.38. The third-order valence-corrected chi connectivity index (χ3v) is 4.76. The van der Waals surface area contributed by atoms with E-state index in [1.54, 1.807) is 0 Å². The summed E-state index contributed by atoms with van der Waals surface area (Å²) in [6.45, 7) is 5.76. The molecule has 1 saturated carbocycles. The molecule has 4 atom stereocenters. The molecular formula is C12H23NOS. The average Bonchev–Trinajstić information content (AvgIpc) is 2.78. The monoisotopic (exact) mass is 229 g/mol. The van der Waals surface area contributed by atoms with Crippen molar-refractivity contribution < 1.29 is 5.11 Å². The van der Waals surface area contributed by atoms with Gasteiger partial charge in [0.05, 0.1) is 6.10 Å². The van der Waals surface area contributed by atoms with E-state index >= 15 is 0 Å². The van der Waals surface area contributed by atoms with Crippen LogP contribution in [0.4, 0.5) is 0 Å². The van der Waals surface area contributed by atoms with E-state index in [9.17, 15) is 5.11 Å². The highest BCUT2D eigenvalue weighted by molar-refractivity contribution is 7.80. The number of aliphatic hydroxyl groups excluding tert-OH is 1. The molecule has 2 aliphatic rings. The Labute approximate surface area is 98.5 Å². The number of rotatable bonds is 4. The molecule has 1 saturated heterocycles. The summed E-state index contributed by atoms with van der Waals surface area (Å²) in [6.07, 6.45) is 3.47. The zero-order valence-electron chi connectivity index (χ0n) is 9.60. The van der Waals surface area contributed by atoms with Gasteiger partial charge in [-0.3, -0.25) is 0 Å². The molecule has 0 bridgehead atoms. The van der Waals surface area contributed by atoms with E-state index in [1.807, 2.05) is 0 Å². The normalized spacial score (nSPS) is 38.2. The van der Waals surface area contributed by atoms with Gasteiger partial charge in [0.2, 0.25) is 0 Å². The number of hydrogen-bond donors (Lipinski definition) is 2. The van der Waals surface area contributed by atoms with Crippen LogP contribution in [0.1, 0.15) is 26.2 Å². The molecule has 3 heteroatoms. The fourth-order valence-electron chi connectivity index (χ4n) is 3.16. The van der Waals surface area contributed by atoms with Gasteiger partial charge in [-0.25, -0.2) is 0 Å². The summed E-state index contributed by atoms with van der Waals surface area (Å²) in [7, 11) is 0. The maximum atomic E-state index is 9.82. The van der Waals surface area contributed by atoms with Crippen LogP contribution < -0.4 is 0 Å². The van der Waals surface area contributed by atoms with Gasteiger partial charge in [-0.15, -0.1) is 0 Å². The van der Waals surface area contributed by atoms with Crippen LogP contribution in [-0.2, 0) is 0 Å². The van der Waals surface area contributed by atoms with Crippen molar-refractivity contribution in [3.05, 3.63) is 0 Å². The maximum Gasteiger partial charge on any atom is 0.0583 e. The lowest BCUT2D eigenvalue weighted by molar-refractivity contribution is 0.122. The molecule has 88 valence electrons. The number of fused-ring (bicyclic) bond motifs is 1. The van der Waals surface area contributed by atoms with Crippen LogP contribution in [0.3, 0.4) is 0 Å². The Hall–Kier alpha value is 0.270. The highest BCUT2D eigenvalue weighted by Gasteiger charge is 2.41. The molecule has 0 radical (unpaired) electrons. The number of hydrogen-bond acceptors (Lipinski definition) is 3. The van der Waals surface area contributed by atoms with Gasteiger partial charge in [0.1, 0.15) is 0 Å². The molecule has 0 aromatic rings. The van der Waals surface area contributed by atoms with Gasteiger partial charge in [-0.1, -0.05) is 13.3 Å². The van der Waals surface area contributed by atoms with Crippen LogP contribution >= 0.6 is 12.6 Å². The van der Waals surface area contributed by atoms with E-state index in [2.05, 4.69) is 24.5 Å². The molecule has 1 heterocycles. The van der Waals surface area contributed by atoms with E-state index < -0.39 is 0 Å². The van der Waals surface area contributed by atoms with Crippen LogP contribution in [0.5, 0.6) is 0 Å². The van der Waals surface area contributed by atoms with E-state index in [0.717, 1.165) is 30.6 Å². The molecule has 0 aromatic heterocycles. The van der Waals surface area contributed by atoms with Crippen molar-refractivity contribution >= 4 is 12.6 Å². The fraction of sp³-hybridized carbons (Fsp3) is 1.00. The van der Waals surface area contributed by atoms with Crippen molar-refractivity contribution in [2.24, 2.45) is 17.8 Å². The summed E-state index contributed by atoms with van der Waals surface area (Å²) in [5.74, 6) is 3.06. The maximum absolute atomic E-state index is 9.82. The second-order valence-electron chi connectivity index (χ2n) is 5.24. The van der Waals surface area contributed by atoms with Crippen molar-refractivity contribution in [3.63, 3.8) is 0 Å². The molecule has 2 rings (SSSR count). The van der Waals surface area contributed by atoms with Crippen LogP contribution in [0.25, 0.3) is 0 Å². The fourth-order valence-corrected chi connectivity index (χ4v) is 3.53. The van der Waals surface area contributed by atoms with Gasteiger partial charge in [-0.05, 0) is 30.4 Å². The van der Waals surface area contributed by atoms with Gasteiger partial charge in [0.15, 0.2) is 0 Å². The topological polar surface area (TPSA) is 23.5 Å². The van der Waals surface area contributed by atoms with Crippen molar-refractivity contribution in [2.45, 2.75) is 32.3 Å². The molecule has 4 unspecified atom stereocenters. The number of aliphatic hydroxyl groups is 1. The minimum Gasteiger partial charge on any atom is -0.393 e. The van der Waals surface area contributed by atoms with Crippen LogP contribution in [-0.4, -0.2) is 41.5 Å². The minimum atomic E-state index is -0.0175. The molecular weight excluding hydrogens is 206 g/mol. The van der Waals surface area contributed by atoms with Gasteiger partial charge in [-0.2, -0.15) is 12.6 Å². The largest absolute Gasteiger partial charge is 0.393 e. The molecule has 1 aliphatic heterocycles. The second-order valence-corrected chi connectivity index (χ2v) is 5.61. The Morgan fingerprint density at radius 1 is 1.40 bits per heavy atom. The summed E-state index contributed by atoms with van der Waals surface area (Å²) in [4.78, 5) is 2.54. The quantitative estimate of drug-likeness (QED) is 0.716. The first-order valence-corrected chi connectivity index (χ1v) is 6.89. The molecule has 0 amide bonds. The summed E-state index contributed by atoms with van der Waals surface area (Å²) in [5.41, 5.74) is 0. The minimum absolute atomic E-state index is 0.0175. The zero-order valence-corrected chi connectivity index (χ0v) is 10.5. The lowest BCUT2D eigenvalue weighted by Gasteiger charge is -2.22. The highest BCUT2D eigenvalue weighted by atomic mass is 32.1. The molecule has 2 nitrogen and oxygen atoms in total. The molecule has 0 aromatic carbocycles. The molecule has 0 spiro atoms. The Balaban J connectivity index is 1.83. The van der Waals surface area contributed by atoms with Crippen molar-refractivity contribution in [3.8, 4) is 0 Å². The van der Waals surface area contributed by atoms with E-state index in [4.69, 9.17) is 0 Å². The Morgan fingerprint density at radius 3 is 2.80 bits per heavy atom. The van der Waals surface area contributed by atoms with Gasteiger partial charge in [0.25, 0.3) is 0 Å². The first-order chi connectivity index (χ1) is 7.24. The summed E-state index contributed by atoms with van der Waals surface area (Å²) in [5, 5.41) is 9.82. The van der Waals surface area contributed by atoms with Crippen molar-refractivity contribution in [1.82, 2.24) is 4.90 Å². The SMILES string of the molecule is CCC(CS)CN1CC2CCC(O)C2C1. The first-order valence-electron chi connectivity index (χ1n) is 6.25. The summed E-state index contributed by atoms with van der Waals surface area (Å²) >= 11 is 4.39. The Kier molecular flexibility index (Phi) is 3.97. The van der Waals surface area contributed by atoms with Crippen LogP contribution in [0, 0.1) is 17.8 Å². The smallest absolute Gasteiger partial charge is 0.0583 e.